The molecular formula is C19H12ClN3O. The fraction of sp³-hybridized carbons (Fsp3) is 0.0526. The average Bonchev–Trinajstić information content (AvgIpc) is 2.87. The van der Waals surface area contributed by atoms with Crippen LogP contribution in [0.25, 0.3) is 33.1 Å². The third kappa shape index (κ3) is 1.89. The lowest BCUT2D eigenvalue weighted by Crippen LogP contribution is -2.13. The highest BCUT2D eigenvalue weighted by atomic mass is 35.5. The lowest BCUT2D eigenvalue weighted by Gasteiger charge is -2.09. The molecule has 0 spiro atoms. The molecule has 4 rings (SSSR count). The summed E-state index contributed by atoms with van der Waals surface area (Å²) in [5, 5.41) is 11.9. The molecule has 2 aromatic carbocycles. The van der Waals surface area contributed by atoms with Crippen LogP contribution in [0, 0.1) is 11.3 Å². The van der Waals surface area contributed by atoms with Gasteiger partial charge in [0.15, 0.2) is 0 Å². The number of nitrogens with one attached hydrogen (secondary N) is 1. The fourth-order valence-corrected chi connectivity index (χ4v) is 3.47. The first-order valence-corrected chi connectivity index (χ1v) is 7.79. The lowest BCUT2D eigenvalue weighted by molar-refractivity contribution is 0.983. The summed E-state index contributed by atoms with van der Waals surface area (Å²) in [6, 6.07) is 17.2. The molecule has 2 aromatic heterocycles. The third-order valence-electron chi connectivity index (χ3n) is 4.32. The van der Waals surface area contributed by atoms with Crippen molar-refractivity contribution < 1.29 is 0 Å². The molecule has 0 bridgehead atoms. The number of hydrogen-bond acceptors (Lipinski definition) is 2. The number of rotatable bonds is 1. The number of aromatic amines is 1. The summed E-state index contributed by atoms with van der Waals surface area (Å²) in [5.74, 6) is 0. The van der Waals surface area contributed by atoms with Crippen molar-refractivity contribution in [2.45, 2.75) is 0 Å². The van der Waals surface area contributed by atoms with E-state index in [-0.39, 0.29) is 5.56 Å². The van der Waals surface area contributed by atoms with E-state index in [1.807, 2.05) is 60.1 Å². The number of fused-ring (bicyclic) bond motifs is 3. The highest BCUT2D eigenvalue weighted by molar-refractivity contribution is 6.34. The minimum atomic E-state index is -0.411. The number of hydrogen-bond donors (Lipinski definition) is 1. The highest BCUT2D eigenvalue weighted by Gasteiger charge is 2.21. The monoisotopic (exact) mass is 333 g/mol. The molecule has 0 aliphatic heterocycles. The number of halogens is 1. The molecule has 116 valence electrons. The summed E-state index contributed by atoms with van der Waals surface area (Å²) in [4.78, 5) is 15.3. The zero-order chi connectivity index (χ0) is 16.8. The van der Waals surface area contributed by atoms with E-state index in [0.717, 1.165) is 16.3 Å². The Balaban J connectivity index is 2.35. The van der Waals surface area contributed by atoms with Gasteiger partial charge in [0.1, 0.15) is 17.3 Å². The molecule has 1 N–H and O–H groups in total. The SMILES string of the molecule is Cn1c2ccccc2c2c(-c3ccccc3Cl)c(C#N)c(=O)[nH]c21. The van der Waals surface area contributed by atoms with Crippen molar-refractivity contribution in [3.05, 3.63) is 69.5 Å². The average molecular weight is 334 g/mol. The van der Waals surface area contributed by atoms with Gasteiger partial charge in [0.25, 0.3) is 5.56 Å². The van der Waals surface area contributed by atoms with Gasteiger partial charge in [-0.3, -0.25) is 4.79 Å². The van der Waals surface area contributed by atoms with Crippen LogP contribution >= 0.6 is 11.6 Å². The lowest BCUT2D eigenvalue weighted by atomic mass is 9.97. The number of para-hydroxylation sites is 1. The Labute approximate surface area is 142 Å². The Morgan fingerprint density at radius 1 is 1.12 bits per heavy atom. The van der Waals surface area contributed by atoms with E-state index in [4.69, 9.17) is 11.6 Å². The second kappa shape index (κ2) is 5.26. The molecule has 0 aliphatic carbocycles. The number of aryl methyl sites for hydroxylation is 1. The van der Waals surface area contributed by atoms with E-state index < -0.39 is 5.56 Å². The Hall–Kier alpha value is -3.03. The van der Waals surface area contributed by atoms with E-state index in [9.17, 15) is 10.1 Å². The summed E-state index contributed by atoms with van der Waals surface area (Å²) in [5.41, 5.74) is 2.58. The van der Waals surface area contributed by atoms with Crippen molar-refractivity contribution in [2.75, 3.05) is 0 Å². The van der Waals surface area contributed by atoms with Crippen LogP contribution in [0.15, 0.2) is 53.3 Å². The Kier molecular flexibility index (Phi) is 3.19. The predicted molar refractivity (Wildman–Crippen MR) is 96.2 cm³/mol. The van der Waals surface area contributed by atoms with E-state index in [2.05, 4.69) is 4.98 Å². The van der Waals surface area contributed by atoms with Gasteiger partial charge in [0, 0.05) is 34.0 Å². The van der Waals surface area contributed by atoms with E-state index in [1.54, 1.807) is 6.07 Å². The van der Waals surface area contributed by atoms with Crippen LogP contribution in [0.4, 0.5) is 0 Å². The molecule has 5 heteroatoms. The van der Waals surface area contributed by atoms with Gasteiger partial charge < -0.3 is 9.55 Å². The standard InChI is InChI=1S/C19H12ClN3O/c1-23-15-9-5-3-7-12(15)17-16(11-6-2-4-8-14(11)20)13(10-21)19(24)22-18(17)23/h2-9H,1H3,(H,22,24). The van der Waals surface area contributed by atoms with Crippen molar-refractivity contribution >= 4 is 33.5 Å². The minimum absolute atomic E-state index is 0.0759. The summed E-state index contributed by atoms with van der Waals surface area (Å²) in [7, 11) is 1.89. The molecule has 0 saturated carbocycles. The number of H-pyrrole nitrogens is 1. The summed E-state index contributed by atoms with van der Waals surface area (Å²) in [6.07, 6.45) is 0. The van der Waals surface area contributed by atoms with Crippen LogP contribution in [-0.2, 0) is 7.05 Å². The van der Waals surface area contributed by atoms with Crippen molar-refractivity contribution in [3.8, 4) is 17.2 Å². The number of benzene rings is 2. The quantitative estimate of drug-likeness (QED) is 0.567. The van der Waals surface area contributed by atoms with Crippen molar-refractivity contribution in [2.24, 2.45) is 7.05 Å². The molecule has 0 amide bonds. The number of aromatic nitrogens is 2. The molecule has 0 fully saturated rings. The van der Waals surface area contributed by atoms with Gasteiger partial charge in [-0.1, -0.05) is 48.0 Å². The molecule has 0 atom stereocenters. The van der Waals surface area contributed by atoms with Crippen molar-refractivity contribution in [3.63, 3.8) is 0 Å². The molecule has 0 saturated heterocycles. The van der Waals surface area contributed by atoms with Gasteiger partial charge in [-0.05, 0) is 12.1 Å². The van der Waals surface area contributed by atoms with Crippen molar-refractivity contribution in [1.29, 1.82) is 5.26 Å². The van der Waals surface area contributed by atoms with Crippen LogP contribution in [0.2, 0.25) is 5.02 Å². The Morgan fingerprint density at radius 3 is 2.58 bits per heavy atom. The Bertz CT molecular complexity index is 1210. The summed E-state index contributed by atoms with van der Waals surface area (Å²) in [6.45, 7) is 0. The van der Waals surface area contributed by atoms with Gasteiger partial charge in [0.2, 0.25) is 0 Å². The summed E-state index contributed by atoms with van der Waals surface area (Å²) >= 11 is 6.37. The maximum Gasteiger partial charge on any atom is 0.268 e. The molecule has 24 heavy (non-hydrogen) atoms. The maximum atomic E-state index is 12.5. The molecule has 0 radical (unpaired) electrons. The van der Waals surface area contributed by atoms with Crippen LogP contribution in [-0.4, -0.2) is 9.55 Å². The number of nitrogens with zero attached hydrogens (tertiary/aromatic N) is 2. The van der Waals surface area contributed by atoms with Gasteiger partial charge >= 0.3 is 0 Å². The van der Waals surface area contributed by atoms with Gasteiger partial charge in [0.05, 0.1) is 5.52 Å². The van der Waals surface area contributed by atoms with Gasteiger partial charge in [-0.2, -0.15) is 5.26 Å². The molecular weight excluding hydrogens is 322 g/mol. The first-order chi connectivity index (χ1) is 11.6. The topological polar surface area (TPSA) is 61.6 Å². The second-order valence-electron chi connectivity index (χ2n) is 5.60. The van der Waals surface area contributed by atoms with Gasteiger partial charge in [-0.15, -0.1) is 0 Å². The van der Waals surface area contributed by atoms with Gasteiger partial charge in [-0.25, -0.2) is 0 Å². The molecule has 4 aromatic rings. The van der Waals surface area contributed by atoms with Crippen molar-refractivity contribution in [1.82, 2.24) is 9.55 Å². The molecule has 2 heterocycles. The van der Waals surface area contributed by atoms with Crippen LogP contribution in [0.5, 0.6) is 0 Å². The minimum Gasteiger partial charge on any atom is -0.330 e. The van der Waals surface area contributed by atoms with Crippen LogP contribution < -0.4 is 5.56 Å². The van der Waals surface area contributed by atoms with Crippen LogP contribution in [0.1, 0.15) is 5.56 Å². The largest absolute Gasteiger partial charge is 0.330 e. The first-order valence-electron chi connectivity index (χ1n) is 7.42. The Morgan fingerprint density at radius 2 is 1.83 bits per heavy atom. The molecule has 4 nitrogen and oxygen atoms in total. The van der Waals surface area contributed by atoms with E-state index in [1.165, 1.54) is 0 Å². The predicted octanol–water partition coefficient (Wildman–Crippen LogP) is 4.21. The summed E-state index contributed by atoms with van der Waals surface area (Å²) < 4.78 is 1.92. The fourth-order valence-electron chi connectivity index (χ4n) is 3.24. The maximum absolute atomic E-state index is 12.5. The normalized spacial score (nSPS) is 11.0. The zero-order valence-corrected chi connectivity index (χ0v) is 13.6. The molecule has 0 aliphatic rings. The first kappa shape index (κ1) is 14.6. The smallest absolute Gasteiger partial charge is 0.268 e. The van der Waals surface area contributed by atoms with Crippen LogP contribution in [0.3, 0.4) is 0 Å². The third-order valence-corrected chi connectivity index (χ3v) is 4.65. The van der Waals surface area contributed by atoms with E-state index in [0.29, 0.717) is 21.8 Å². The molecule has 0 unspecified atom stereocenters. The zero-order valence-electron chi connectivity index (χ0n) is 12.8. The second-order valence-corrected chi connectivity index (χ2v) is 6.00. The van der Waals surface area contributed by atoms with E-state index >= 15 is 0 Å². The number of pyridine rings is 1. The highest BCUT2D eigenvalue weighted by Crippen LogP contribution is 2.38. The number of nitriles is 1.